The highest BCUT2D eigenvalue weighted by atomic mass is 19.1. The lowest BCUT2D eigenvalue weighted by molar-refractivity contribution is -0.130. The first-order valence-corrected chi connectivity index (χ1v) is 10.2. The lowest BCUT2D eigenvalue weighted by Crippen LogP contribution is -2.31. The molecule has 0 aliphatic carbocycles. The Morgan fingerprint density at radius 3 is 2.39 bits per heavy atom. The van der Waals surface area contributed by atoms with Gasteiger partial charge in [0.05, 0.1) is 25.8 Å². The average molecular weight is 447 g/mol. The molecule has 1 unspecified atom stereocenters. The molecule has 0 fully saturated rings. The van der Waals surface area contributed by atoms with Crippen molar-refractivity contribution < 1.29 is 28.6 Å². The van der Waals surface area contributed by atoms with Gasteiger partial charge in [-0.1, -0.05) is 30.3 Å². The van der Waals surface area contributed by atoms with E-state index in [1.165, 1.54) is 31.3 Å². The molecule has 168 valence electrons. The number of aliphatic hydroxyl groups excluding tert-OH is 1. The molecule has 4 rings (SSSR count). The predicted octanol–water partition coefficient (Wildman–Crippen LogP) is 4.62. The van der Waals surface area contributed by atoms with E-state index in [1.54, 1.807) is 60.7 Å². The molecular formula is C26H22FNO5. The summed E-state index contributed by atoms with van der Waals surface area (Å²) in [5.74, 6) is -1.27. The molecule has 7 heteroatoms. The van der Waals surface area contributed by atoms with Gasteiger partial charge in [0.15, 0.2) is 11.5 Å². The topological polar surface area (TPSA) is 76.1 Å². The summed E-state index contributed by atoms with van der Waals surface area (Å²) in [6.07, 6.45) is 0. The number of ketones is 1. The zero-order valence-corrected chi connectivity index (χ0v) is 18.1. The summed E-state index contributed by atoms with van der Waals surface area (Å²) < 4.78 is 24.4. The summed E-state index contributed by atoms with van der Waals surface area (Å²) in [4.78, 5) is 28.0. The minimum atomic E-state index is -0.925. The van der Waals surface area contributed by atoms with Gasteiger partial charge in [-0.15, -0.1) is 0 Å². The molecule has 0 spiro atoms. The molecule has 1 aliphatic heterocycles. The van der Waals surface area contributed by atoms with Gasteiger partial charge in [0.25, 0.3) is 5.91 Å². The van der Waals surface area contributed by atoms with Crippen LogP contribution in [0.1, 0.15) is 27.5 Å². The molecule has 6 nitrogen and oxygen atoms in total. The second-order valence-electron chi connectivity index (χ2n) is 7.53. The van der Waals surface area contributed by atoms with Crippen molar-refractivity contribution in [1.29, 1.82) is 0 Å². The molecule has 33 heavy (non-hydrogen) atoms. The van der Waals surface area contributed by atoms with Crippen LogP contribution in [0.15, 0.2) is 84.1 Å². The number of hydrogen-bond acceptors (Lipinski definition) is 5. The normalized spacial score (nSPS) is 15.7. The van der Waals surface area contributed by atoms with E-state index in [0.717, 1.165) is 0 Å². The van der Waals surface area contributed by atoms with E-state index in [0.29, 0.717) is 22.6 Å². The van der Waals surface area contributed by atoms with Gasteiger partial charge in [0, 0.05) is 17.7 Å². The second kappa shape index (κ2) is 9.16. The third kappa shape index (κ3) is 4.17. The lowest BCUT2D eigenvalue weighted by atomic mass is 9.92. The minimum Gasteiger partial charge on any atom is -0.503 e. The van der Waals surface area contributed by atoms with Gasteiger partial charge in [-0.2, -0.15) is 0 Å². The van der Waals surface area contributed by atoms with Gasteiger partial charge in [-0.25, -0.2) is 4.39 Å². The van der Waals surface area contributed by atoms with Crippen molar-refractivity contribution in [3.63, 3.8) is 0 Å². The van der Waals surface area contributed by atoms with Crippen molar-refractivity contribution in [2.24, 2.45) is 0 Å². The molecule has 1 aliphatic rings. The van der Waals surface area contributed by atoms with Crippen LogP contribution in [0.25, 0.3) is 0 Å². The number of Topliss-reactive ketones (excluding diaryl/α,β-unsaturated/α-hetero) is 1. The number of para-hydroxylation sites is 1. The molecule has 3 aromatic rings. The predicted molar refractivity (Wildman–Crippen MR) is 120 cm³/mol. The average Bonchev–Trinajstić information content (AvgIpc) is 3.08. The Morgan fingerprint density at radius 1 is 1.00 bits per heavy atom. The molecule has 1 atom stereocenters. The second-order valence-corrected chi connectivity index (χ2v) is 7.53. The maximum Gasteiger partial charge on any atom is 0.290 e. The van der Waals surface area contributed by atoms with E-state index < -0.39 is 29.3 Å². The molecule has 0 aromatic heterocycles. The molecule has 1 amide bonds. The number of carbonyl (C=O) groups excluding carboxylic acids is 2. The van der Waals surface area contributed by atoms with Gasteiger partial charge in [0.2, 0.25) is 0 Å². The Hall–Kier alpha value is -4.13. The SMILES string of the molecule is COc1ccc(C(=O)C2=C(O)C(=O)N(Cc3cccc(F)c3)C2c2ccccc2OC)cc1. The van der Waals surface area contributed by atoms with Crippen LogP contribution in [0.5, 0.6) is 11.5 Å². The molecule has 0 radical (unpaired) electrons. The fourth-order valence-corrected chi connectivity index (χ4v) is 3.99. The Labute approximate surface area is 190 Å². The Kier molecular flexibility index (Phi) is 6.13. The number of hydrogen-bond donors (Lipinski definition) is 1. The number of halogens is 1. The van der Waals surface area contributed by atoms with Crippen LogP contribution in [0.4, 0.5) is 4.39 Å². The van der Waals surface area contributed by atoms with Crippen LogP contribution in [-0.2, 0) is 11.3 Å². The monoisotopic (exact) mass is 447 g/mol. The quantitative estimate of drug-likeness (QED) is 0.535. The van der Waals surface area contributed by atoms with Crippen LogP contribution in [0, 0.1) is 5.82 Å². The van der Waals surface area contributed by atoms with Crippen molar-refractivity contribution in [2.75, 3.05) is 14.2 Å². The van der Waals surface area contributed by atoms with E-state index >= 15 is 0 Å². The standard InChI is InChI=1S/C26H22FNO5/c1-32-19-12-10-17(11-13-19)24(29)22-23(20-8-3-4-9-21(20)33-2)28(26(31)25(22)30)15-16-6-5-7-18(27)14-16/h3-14,23,30H,15H2,1-2H3. The number of carbonyl (C=O) groups is 2. The summed E-state index contributed by atoms with van der Waals surface area (Å²) in [6, 6.07) is 18.3. The van der Waals surface area contributed by atoms with Crippen LogP contribution in [-0.4, -0.2) is 35.9 Å². The molecule has 0 bridgehead atoms. The van der Waals surface area contributed by atoms with Gasteiger partial charge in [0.1, 0.15) is 17.3 Å². The third-order valence-electron chi connectivity index (χ3n) is 5.58. The fourth-order valence-electron chi connectivity index (χ4n) is 3.99. The summed E-state index contributed by atoms with van der Waals surface area (Å²) in [5, 5.41) is 10.8. The smallest absolute Gasteiger partial charge is 0.290 e. The van der Waals surface area contributed by atoms with Crippen LogP contribution < -0.4 is 9.47 Å². The first-order chi connectivity index (χ1) is 15.9. The molecule has 3 aromatic carbocycles. The molecule has 1 heterocycles. The summed E-state index contributed by atoms with van der Waals surface area (Å²) in [5.41, 5.74) is 1.28. The zero-order valence-electron chi connectivity index (χ0n) is 18.1. The first-order valence-electron chi connectivity index (χ1n) is 10.2. The summed E-state index contributed by atoms with van der Waals surface area (Å²) >= 11 is 0. The van der Waals surface area contributed by atoms with Crippen LogP contribution in [0.2, 0.25) is 0 Å². The van der Waals surface area contributed by atoms with Crippen molar-refractivity contribution in [3.8, 4) is 11.5 Å². The number of rotatable bonds is 7. The van der Waals surface area contributed by atoms with Crippen molar-refractivity contribution >= 4 is 11.7 Å². The maximum absolute atomic E-state index is 13.8. The molecule has 0 saturated carbocycles. The first kappa shape index (κ1) is 22.1. The number of aliphatic hydroxyl groups is 1. The molecular weight excluding hydrogens is 425 g/mol. The summed E-state index contributed by atoms with van der Waals surface area (Å²) in [7, 11) is 3.00. The van der Waals surface area contributed by atoms with Crippen LogP contribution in [0.3, 0.4) is 0 Å². The maximum atomic E-state index is 13.8. The van der Waals surface area contributed by atoms with Crippen molar-refractivity contribution in [2.45, 2.75) is 12.6 Å². The van der Waals surface area contributed by atoms with E-state index in [2.05, 4.69) is 0 Å². The molecule has 1 N–H and O–H groups in total. The van der Waals surface area contributed by atoms with Gasteiger partial charge in [-0.3, -0.25) is 9.59 Å². The van der Waals surface area contributed by atoms with Gasteiger partial charge >= 0.3 is 0 Å². The Balaban J connectivity index is 1.82. The number of nitrogens with zero attached hydrogens (tertiary/aromatic N) is 1. The van der Waals surface area contributed by atoms with Crippen molar-refractivity contribution in [3.05, 3.63) is 107 Å². The highest BCUT2D eigenvalue weighted by Gasteiger charge is 2.44. The fraction of sp³-hybridized carbons (Fsp3) is 0.154. The molecule has 0 saturated heterocycles. The van der Waals surface area contributed by atoms with Gasteiger partial charge < -0.3 is 19.5 Å². The van der Waals surface area contributed by atoms with Crippen LogP contribution >= 0.6 is 0 Å². The number of benzene rings is 3. The summed E-state index contributed by atoms with van der Waals surface area (Å²) in [6.45, 7) is -0.0111. The highest BCUT2D eigenvalue weighted by molar-refractivity contribution is 6.16. The third-order valence-corrected chi connectivity index (χ3v) is 5.58. The Morgan fingerprint density at radius 2 is 1.73 bits per heavy atom. The van der Waals surface area contributed by atoms with E-state index in [9.17, 15) is 19.1 Å². The largest absolute Gasteiger partial charge is 0.503 e. The van der Waals surface area contributed by atoms with Crippen molar-refractivity contribution in [1.82, 2.24) is 4.90 Å². The minimum absolute atomic E-state index is 0.0111. The highest BCUT2D eigenvalue weighted by Crippen LogP contribution is 2.43. The zero-order chi connectivity index (χ0) is 23.5. The number of ether oxygens (including phenoxy) is 2. The van der Waals surface area contributed by atoms with E-state index in [-0.39, 0.29) is 17.7 Å². The Bertz CT molecular complexity index is 1240. The number of methoxy groups -OCH3 is 2. The van der Waals surface area contributed by atoms with E-state index in [1.807, 2.05) is 0 Å². The van der Waals surface area contributed by atoms with E-state index in [4.69, 9.17) is 9.47 Å². The van der Waals surface area contributed by atoms with Gasteiger partial charge in [-0.05, 0) is 48.0 Å². The number of amides is 1. The lowest BCUT2D eigenvalue weighted by Gasteiger charge is -2.28.